The maximum atomic E-state index is 11.7. The van der Waals surface area contributed by atoms with Crippen LogP contribution >= 0.6 is 23.1 Å². The van der Waals surface area contributed by atoms with Gasteiger partial charge < -0.3 is 15.0 Å². The summed E-state index contributed by atoms with van der Waals surface area (Å²) in [4.78, 5) is 18.2. The van der Waals surface area contributed by atoms with Crippen LogP contribution in [0.1, 0.15) is 5.56 Å². The molecule has 1 N–H and O–H groups in total. The number of fused-ring (bicyclic) bond motifs is 1. The zero-order chi connectivity index (χ0) is 24.6. The van der Waals surface area contributed by atoms with Gasteiger partial charge in [-0.15, -0.1) is 11.3 Å². The third-order valence-corrected chi connectivity index (χ3v) is 7.68. The molecule has 0 radical (unpaired) electrons. The van der Waals surface area contributed by atoms with E-state index in [2.05, 4.69) is 34.4 Å². The minimum atomic E-state index is -0.335. The number of nitrogens with zero attached hydrogens (tertiary/aromatic N) is 3. The van der Waals surface area contributed by atoms with Crippen molar-refractivity contribution in [2.75, 3.05) is 44.9 Å². The first-order chi connectivity index (χ1) is 17.0. The number of methoxy groups -OCH3 is 1. The Hall–Kier alpha value is -3.14. The van der Waals surface area contributed by atoms with Gasteiger partial charge in [-0.05, 0) is 49.0 Å². The topological polar surface area (TPSA) is 80.5 Å². The average Bonchev–Trinajstić information content (AvgIpc) is 3.31. The van der Waals surface area contributed by atoms with E-state index in [1.54, 1.807) is 19.2 Å². The molecule has 0 spiro atoms. The van der Waals surface area contributed by atoms with Gasteiger partial charge in [-0.2, -0.15) is 11.8 Å². The predicted molar refractivity (Wildman–Crippen MR) is 147 cm³/mol. The number of nitrogens with one attached hydrogen (secondary N) is 1. The molecular formula is C26H28N4O3S2. The highest BCUT2D eigenvalue weighted by molar-refractivity contribution is 7.98. The number of nitro benzene ring substituents is 1. The van der Waals surface area contributed by atoms with Crippen molar-refractivity contribution in [3.05, 3.63) is 82.4 Å². The van der Waals surface area contributed by atoms with Gasteiger partial charge in [0.2, 0.25) is 0 Å². The molecule has 4 rings (SSSR count). The van der Waals surface area contributed by atoms with E-state index in [1.165, 1.54) is 16.9 Å². The summed E-state index contributed by atoms with van der Waals surface area (Å²) in [5.41, 5.74) is 3.54. The van der Waals surface area contributed by atoms with E-state index in [4.69, 9.17) is 4.74 Å². The van der Waals surface area contributed by atoms with E-state index in [1.807, 2.05) is 54.2 Å². The van der Waals surface area contributed by atoms with Crippen molar-refractivity contribution >= 4 is 44.7 Å². The molecule has 0 amide bonds. The second kappa shape index (κ2) is 12.0. The Bertz CT molecular complexity index is 1240. The predicted octanol–water partition coefficient (Wildman–Crippen LogP) is 6.16. The Labute approximate surface area is 213 Å². The second-order valence-electron chi connectivity index (χ2n) is 8.11. The summed E-state index contributed by atoms with van der Waals surface area (Å²) in [5, 5.41) is 15.8. The van der Waals surface area contributed by atoms with Crippen LogP contribution in [-0.4, -0.2) is 54.4 Å². The van der Waals surface area contributed by atoms with Crippen molar-refractivity contribution in [3.8, 4) is 16.3 Å². The molecule has 0 aliphatic rings. The summed E-state index contributed by atoms with van der Waals surface area (Å²) >= 11 is 3.43. The lowest BCUT2D eigenvalue weighted by Crippen LogP contribution is -2.27. The van der Waals surface area contributed by atoms with Crippen LogP contribution in [0.15, 0.2) is 66.7 Å². The highest BCUT2D eigenvalue weighted by Crippen LogP contribution is 2.34. The first kappa shape index (κ1) is 25.0. The van der Waals surface area contributed by atoms with Gasteiger partial charge in [0.1, 0.15) is 16.4 Å². The van der Waals surface area contributed by atoms with E-state index in [9.17, 15) is 10.1 Å². The number of hydrogen-bond donors (Lipinski definition) is 1. The third-order valence-electron chi connectivity index (χ3n) is 5.59. The zero-order valence-corrected chi connectivity index (χ0v) is 21.4. The molecule has 0 fully saturated rings. The summed E-state index contributed by atoms with van der Waals surface area (Å²) in [6.07, 6.45) is 0. The number of aromatic nitrogens is 1. The smallest absolute Gasteiger partial charge is 0.293 e. The number of nitro groups is 1. The van der Waals surface area contributed by atoms with Gasteiger partial charge in [0.15, 0.2) is 0 Å². The van der Waals surface area contributed by atoms with Crippen molar-refractivity contribution in [1.82, 2.24) is 9.88 Å². The van der Waals surface area contributed by atoms with Crippen LogP contribution in [0.5, 0.6) is 5.75 Å². The Morgan fingerprint density at radius 1 is 1.11 bits per heavy atom. The molecule has 4 aromatic rings. The molecule has 0 bridgehead atoms. The number of likely N-dealkylation sites (N-methyl/N-ethyl adjacent to an activating group) is 1. The van der Waals surface area contributed by atoms with Crippen molar-refractivity contribution in [2.45, 2.75) is 5.75 Å². The van der Waals surface area contributed by atoms with Crippen LogP contribution in [0.25, 0.3) is 20.8 Å². The Kier molecular flexibility index (Phi) is 8.57. The number of benzene rings is 3. The minimum absolute atomic E-state index is 0.0689. The van der Waals surface area contributed by atoms with Crippen LogP contribution in [0, 0.1) is 10.1 Å². The maximum Gasteiger partial charge on any atom is 0.293 e. The lowest BCUT2D eigenvalue weighted by Gasteiger charge is -2.17. The molecule has 0 aliphatic heterocycles. The van der Waals surface area contributed by atoms with E-state index in [0.29, 0.717) is 12.2 Å². The molecule has 0 unspecified atom stereocenters. The van der Waals surface area contributed by atoms with Gasteiger partial charge >= 0.3 is 0 Å². The number of hydrogen-bond acceptors (Lipinski definition) is 8. The van der Waals surface area contributed by atoms with E-state index in [-0.39, 0.29) is 10.6 Å². The van der Waals surface area contributed by atoms with Crippen LogP contribution < -0.4 is 10.1 Å². The average molecular weight is 509 g/mol. The van der Waals surface area contributed by atoms with Crippen molar-refractivity contribution < 1.29 is 9.66 Å². The summed E-state index contributed by atoms with van der Waals surface area (Å²) in [6, 6.07) is 21.3. The van der Waals surface area contributed by atoms with Crippen LogP contribution in [0.2, 0.25) is 0 Å². The fraction of sp³-hybridized carbons (Fsp3) is 0.269. The molecule has 0 aliphatic carbocycles. The van der Waals surface area contributed by atoms with Gasteiger partial charge in [-0.1, -0.05) is 24.3 Å². The summed E-state index contributed by atoms with van der Waals surface area (Å²) < 4.78 is 6.26. The van der Waals surface area contributed by atoms with Gasteiger partial charge in [0.05, 0.1) is 22.2 Å². The highest BCUT2D eigenvalue weighted by Gasteiger charge is 2.17. The van der Waals surface area contributed by atoms with Crippen LogP contribution in [-0.2, 0) is 5.75 Å². The van der Waals surface area contributed by atoms with Crippen molar-refractivity contribution in [3.63, 3.8) is 0 Å². The minimum Gasteiger partial charge on any atom is -0.497 e. The number of anilines is 1. The molecule has 35 heavy (non-hydrogen) atoms. The van der Waals surface area contributed by atoms with E-state index >= 15 is 0 Å². The highest BCUT2D eigenvalue weighted by atomic mass is 32.2. The first-order valence-corrected chi connectivity index (χ1v) is 13.3. The molecule has 9 heteroatoms. The van der Waals surface area contributed by atoms with Gasteiger partial charge in [-0.25, -0.2) is 4.98 Å². The molecule has 1 heterocycles. The molecule has 0 saturated carbocycles. The summed E-state index contributed by atoms with van der Waals surface area (Å²) in [5.74, 6) is 2.85. The Morgan fingerprint density at radius 3 is 2.66 bits per heavy atom. The molecule has 3 aromatic carbocycles. The lowest BCUT2D eigenvalue weighted by atomic mass is 10.1. The second-order valence-corrected chi connectivity index (χ2v) is 10.2. The van der Waals surface area contributed by atoms with Crippen LogP contribution in [0.3, 0.4) is 0 Å². The quantitative estimate of drug-likeness (QED) is 0.139. The molecule has 1 aromatic heterocycles. The SMILES string of the molecule is COc1ccc(CSCCN(C)CCNc2ccc(-c3nc4ccccc4s3)cc2[N+](=O)[O-])cc1. The van der Waals surface area contributed by atoms with E-state index < -0.39 is 0 Å². The standard InChI is InChI=1S/C26H28N4O3S2/c1-29(15-16-34-18-19-7-10-21(33-2)11-8-19)14-13-27-22-12-9-20(17-24(22)30(31)32)26-28-23-5-3-4-6-25(23)35-26/h3-12,17,27H,13-16,18H2,1-2H3. The first-order valence-electron chi connectivity index (χ1n) is 11.3. The number of para-hydroxylation sites is 1. The monoisotopic (exact) mass is 508 g/mol. The Morgan fingerprint density at radius 2 is 1.91 bits per heavy atom. The molecule has 0 atom stereocenters. The number of ether oxygens (including phenoxy) is 1. The fourth-order valence-electron chi connectivity index (χ4n) is 3.59. The zero-order valence-electron chi connectivity index (χ0n) is 19.8. The largest absolute Gasteiger partial charge is 0.497 e. The normalized spacial score (nSPS) is 11.2. The molecule has 0 saturated heterocycles. The maximum absolute atomic E-state index is 11.7. The van der Waals surface area contributed by atoms with Gasteiger partial charge in [0, 0.05) is 42.8 Å². The third kappa shape index (κ3) is 6.72. The summed E-state index contributed by atoms with van der Waals surface area (Å²) in [6.45, 7) is 2.36. The summed E-state index contributed by atoms with van der Waals surface area (Å²) in [7, 11) is 3.74. The molecule has 7 nitrogen and oxygen atoms in total. The fourth-order valence-corrected chi connectivity index (χ4v) is 5.56. The van der Waals surface area contributed by atoms with Gasteiger partial charge in [-0.3, -0.25) is 10.1 Å². The van der Waals surface area contributed by atoms with Crippen molar-refractivity contribution in [1.29, 1.82) is 0 Å². The van der Waals surface area contributed by atoms with Gasteiger partial charge in [0.25, 0.3) is 5.69 Å². The molecule has 182 valence electrons. The van der Waals surface area contributed by atoms with Crippen molar-refractivity contribution in [2.24, 2.45) is 0 Å². The number of thiazole rings is 1. The number of rotatable bonds is 12. The van der Waals surface area contributed by atoms with Crippen LogP contribution in [0.4, 0.5) is 11.4 Å². The van der Waals surface area contributed by atoms with E-state index in [0.717, 1.165) is 51.1 Å². The Balaban J connectivity index is 1.26. The number of thioether (sulfide) groups is 1. The lowest BCUT2D eigenvalue weighted by molar-refractivity contribution is -0.383. The molecular weight excluding hydrogens is 480 g/mol.